The van der Waals surface area contributed by atoms with Crippen LogP contribution in [0.1, 0.15) is 63.3 Å². The molecule has 0 bridgehead atoms. The van der Waals surface area contributed by atoms with Crippen molar-refractivity contribution in [1.82, 2.24) is 5.32 Å². The summed E-state index contributed by atoms with van der Waals surface area (Å²) in [5, 5.41) is 13.5. The fraction of sp³-hybridized carbons (Fsp3) is 0.647. The Labute approximate surface area is 117 Å². The van der Waals surface area contributed by atoms with Crippen molar-refractivity contribution >= 4 is 0 Å². The number of rotatable bonds is 4. The van der Waals surface area contributed by atoms with E-state index in [-0.39, 0.29) is 12.1 Å². The lowest BCUT2D eigenvalue weighted by atomic mass is 9.89. The summed E-state index contributed by atoms with van der Waals surface area (Å²) in [7, 11) is 0. The predicted octanol–water partition coefficient (Wildman–Crippen LogP) is 3.38. The molecule has 0 saturated heterocycles. The Morgan fingerprint density at radius 1 is 1.11 bits per heavy atom. The molecule has 1 aromatic carbocycles. The lowest BCUT2D eigenvalue weighted by Gasteiger charge is -2.30. The molecule has 1 aliphatic carbocycles. The van der Waals surface area contributed by atoms with Crippen LogP contribution in [0.25, 0.3) is 0 Å². The second-order valence-corrected chi connectivity index (χ2v) is 6.50. The van der Waals surface area contributed by atoms with E-state index in [0.717, 1.165) is 0 Å². The van der Waals surface area contributed by atoms with Crippen molar-refractivity contribution in [1.29, 1.82) is 0 Å². The van der Waals surface area contributed by atoms with Crippen molar-refractivity contribution in [3.05, 3.63) is 34.9 Å². The van der Waals surface area contributed by atoms with Gasteiger partial charge >= 0.3 is 0 Å². The van der Waals surface area contributed by atoms with Gasteiger partial charge in [-0.15, -0.1) is 0 Å². The Balaban J connectivity index is 2.09. The minimum Gasteiger partial charge on any atom is -0.389 e. The van der Waals surface area contributed by atoms with Gasteiger partial charge < -0.3 is 10.4 Å². The molecule has 0 aliphatic heterocycles. The third-order valence-corrected chi connectivity index (χ3v) is 4.43. The summed E-state index contributed by atoms with van der Waals surface area (Å²) in [6.07, 6.45) is 5.10. The quantitative estimate of drug-likeness (QED) is 0.871. The maximum absolute atomic E-state index is 10.0. The lowest BCUT2D eigenvalue weighted by Crippen LogP contribution is -2.45. The van der Waals surface area contributed by atoms with Crippen molar-refractivity contribution in [3.63, 3.8) is 0 Å². The van der Waals surface area contributed by atoms with Crippen LogP contribution in [-0.2, 0) is 12.8 Å². The Hall–Kier alpha value is -0.860. The van der Waals surface area contributed by atoms with Crippen molar-refractivity contribution < 1.29 is 5.11 Å². The zero-order chi connectivity index (χ0) is 14.0. The van der Waals surface area contributed by atoms with Crippen molar-refractivity contribution in [2.45, 2.75) is 71.1 Å². The van der Waals surface area contributed by atoms with E-state index in [9.17, 15) is 5.11 Å². The van der Waals surface area contributed by atoms with Crippen LogP contribution >= 0.6 is 0 Å². The van der Waals surface area contributed by atoms with E-state index in [2.05, 4.69) is 30.4 Å². The molecule has 106 valence electrons. The van der Waals surface area contributed by atoms with E-state index in [1.807, 2.05) is 20.8 Å². The van der Waals surface area contributed by atoms with Crippen LogP contribution in [0.2, 0.25) is 0 Å². The van der Waals surface area contributed by atoms with E-state index in [1.54, 1.807) is 0 Å². The van der Waals surface area contributed by atoms with Crippen LogP contribution in [0.5, 0.6) is 0 Å². The monoisotopic (exact) mass is 261 g/mol. The molecular formula is C17H27NO. The highest BCUT2D eigenvalue weighted by Crippen LogP contribution is 2.25. The van der Waals surface area contributed by atoms with Gasteiger partial charge in [0.25, 0.3) is 0 Å². The van der Waals surface area contributed by atoms with Crippen LogP contribution in [0.15, 0.2) is 18.2 Å². The lowest BCUT2D eigenvalue weighted by molar-refractivity contribution is 0.0405. The molecule has 19 heavy (non-hydrogen) atoms. The molecule has 0 radical (unpaired) electrons. The second kappa shape index (κ2) is 5.64. The maximum Gasteiger partial charge on any atom is 0.0741 e. The van der Waals surface area contributed by atoms with Gasteiger partial charge in [-0.05, 0) is 70.1 Å². The highest BCUT2D eigenvalue weighted by Gasteiger charge is 2.24. The minimum atomic E-state index is -0.692. The molecule has 2 atom stereocenters. The number of aryl methyl sites for hydroxylation is 2. The van der Waals surface area contributed by atoms with Gasteiger partial charge in [-0.25, -0.2) is 0 Å². The number of aliphatic hydroxyl groups is 1. The maximum atomic E-state index is 10.0. The molecule has 0 heterocycles. The van der Waals surface area contributed by atoms with Crippen LogP contribution in [0, 0.1) is 0 Å². The first-order chi connectivity index (χ1) is 8.88. The standard InChI is InChI=1S/C17H27NO/c1-12(18-13(2)17(3,4)19)15-10-9-14-7-5-6-8-16(14)11-15/h9-13,18-19H,5-8H2,1-4H3. The molecule has 2 nitrogen and oxygen atoms in total. The molecule has 0 fully saturated rings. The average Bonchev–Trinajstić information content (AvgIpc) is 2.37. The van der Waals surface area contributed by atoms with Gasteiger partial charge in [-0.3, -0.25) is 0 Å². The summed E-state index contributed by atoms with van der Waals surface area (Å²) < 4.78 is 0. The van der Waals surface area contributed by atoms with Gasteiger partial charge in [0.2, 0.25) is 0 Å². The SMILES string of the molecule is CC(NC(C)C(C)(C)O)c1ccc2c(c1)CCCC2. The summed E-state index contributed by atoms with van der Waals surface area (Å²) in [6, 6.07) is 7.21. The number of hydrogen-bond donors (Lipinski definition) is 2. The topological polar surface area (TPSA) is 32.3 Å². The van der Waals surface area contributed by atoms with Gasteiger partial charge in [-0.2, -0.15) is 0 Å². The predicted molar refractivity (Wildman–Crippen MR) is 80.4 cm³/mol. The summed E-state index contributed by atoms with van der Waals surface area (Å²) >= 11 is 0. The molecule has 0 amide bonds. The summed E-state index contributed by atoms with van der Waals surface area (Å²) in [6.45, 7) is 7.91. The molecule has 1 aliphatic rings. The zero-order valence-corrected chi connectivity index (χ0v) is 12.7. The molecule has 2 heteroatoms. The molecule has 2 rings (SSSR count). The van der Waals surface area contributed by atoms with Crippen molar-refractivity contribution in [3.8, 4) is 0 Å². The van der Waals surface area contributed by atoms with Crippen LogP contribution in [0.4, 0.5) is 0 Å². The normalized spacial score (nSPS) is 18.8. The third kappa shape index (κ3) is 3.58. The molecule has 0 saturated carbocycles. The van der Waals surface area contributed by atoms with E-state index >= 15 is 0 Å². The molecule has 1 aromatic rings. The molecule has 2 N–H and O–H groups in total. The zero-order valence-electron chi connectivity index (χ0n) is 12.7. The second-order valence-electron chi connectivity index (χ2n) is 6.50. The van der Waals surface area contributed by atoms with Crippen LogP contribution in [-0.4, -0.2) is 16.7 Å². The summed E-state index contributed by atoms with van der Waals surface area (Å²) in [4.78, 5) is 0. The van der Waals surface area contributed by atoms with E-state index in [0.29, 0.717) is 0 Å². The summed E-state index contributed by atoms with van der Waals surface area (Å²) in [5.41, 5.74) is 3.69. The van der Waals surface area contributed by atoms with Crippen molar-refractivity contribution in [2.24, 2.45) is 0 Å². The van der Waals surface area contributed by atoms with Crippen LogP contribution < -0.4 is 5.32 Å². The Morgan fingerprint density at radius 2 is 1.74 bits per heavy atom. The fourth-order valence-electron chi connectivity index (χ4n) is 2.70. The number of nitrogens with one attached hydrogen (secondary N) is 1. The molecule has 0 aromatic heterocycles. The number of benzene rings is 1. The largest absolute Gasteiger partial charge is 0.389 e. The van der Waals surface area contributed by atoms with E-state index in [4.69, 9.17) is 0 Å². The van der Waals surface area contributed by atoms with E-state index < -0.39 is 5.60 Å². The Bertz CT molecular complexity index is 433. The summed E-state index contributed by atoms with van der Waals surface area (Å²) in [5.74, 6) is 0. The van der Waals surface area contributed by atoms with E-state index in [1.165, 1.54) is 42.4 Å². The average molecular weight is 261 g/mol. The highest BCUT2D eigenvalue weighted by molar-refractivity contribution is 5.35. The van der Waals surface area contributed by atoms with Gasteiger partial charge in [0, 0.05) is 12.1 Å². The van der Waals surface area contributed by atoms with Crippen molar-refractivity contribution in [2.75, 3.05) is 0 Å². The third-order valence-electron chi connectivity index (χ3n) is 4.43. The minimum absolute atomic E-state index is 0.0681. The van der Waals surface area contributed by atoms with Crippen LogP contribution in [0.3, 0.4) is 0 Å². The van der Waals surface area contributed by atoms with Gasteiger partial charge in [0.1, 0.15) is 0 Å². The van der Waals surface area contributed by atoms with Gasteiger partial charge in [0.15, 0.2) is 0 Å². The molecular weight excluding hydrogens is 234 g/mol. The number of hydrogen-bond acceptors (Lipinski definition) is 2. The van der Waals surface area contributed by atoms with Gasteiger partial charge in [-0.1, -0.05) is 18.2 Å². The smallest absolute Gasteiger partial charge is 0.0741 e. The highest BCUT2D eigenvalue weighted by atomic mass is 16.3. The first kappa shape index (κ1) is 14.5. The first-order valence-electron chi connectivity index (χ1n) is 7.48. The Morgan fingerprint density at radius 3 is 2.37 bits per heavy atom. The molecule has 2 unspecified atom stereocenters. The Kier molecular flexibility index (Phi) is 4.32. The van der Waals surface area contributed by atoms with Gasteiger partial charge in [0.05, 0.1) is 5.60 Å². The fourth-order valence-corrected chi connectivity index (χ4v) is 2.70. The number of fused-ring (bicyclic) bond motifs is 1. The first-order valence-corrected chi connectivity index (χ1v) is 7.48. The molecule has 0 spiro atoms.